The van der Waals surface area contributed by atoms with Crippen molar-refractivity contribution in [3.05, 3.63) is 62.2 Å². The van der Waals surface area contributed by atoms with Gasteiger partial charge in [0.05, 0.1) is 12.7 Å². The van der Waals surface area contributed by atoms with Crippen LogP contribution in [0.2, 0.25) is 0 Å². The highest BCUT2D eigenvalue weighted by Gasteiger charge is 2.41. The Morgan fingerprint density at radius 1 is 1.03 bits per heavy atom. The Morgan fingerprint density at radius 2 is 1.68 bits per heavy atom. The third kappa shape index (κ3) is 5.12. The number of benzene rings is 1. The van der Waals surface area contributed by atoms with Crippen LogP contribution in [0, 0.1) is 6.92 Å². The number of fused-ring (bicyclic) bond motifs is 2. The van der Waals surface area contributed by atoms with E-state index >= 15 is 0 Å². The smallest absolute Gasteiger partial charge is 0.397 e. The first-order valence-electron chi connectivity index (χ1n) is 12.6. The summed E-state index contributed by atoms with van der Waals surface area (Å²) in [5.41, 5.74) is -1.02. The number of aryl methyl sites for hydroxylation is 1. The molecule has 1 aromatic heterocycles. The quantitative estimate of drug-likeness (QED) is 0.350. The van der Waals surface area contributed by atoms with Crippen molar-refractivity contribution in [2.45, 2.75) is 83.2 Å². The third-order valence-electron chi connectivity index (χ3n) is 7.47. The van der Waals surface area contributed by atoms with Gasteiger partial charge < -0.3 is 14.2 Å². The van der Waals surface area contributed by atoms with Crippen LogP contribution in [0.25, 0.3) is 0 Å². The molecule has 0 N–H and O–H groups in total. The number of aromatic nitrogens is 3. The van der Waals surface area contributed by atoms with E-state index in [2.05, 4.69) is 9.88 Å². The molecule has 2 aromatic rings. The molecule has 4 heterocycles. The lowest BCUT2D eigenvalue weighted by atomic mass is 9.99. The monoisotopic (exact) mass is 534 g/mol. The first-order valence-corrected chi connectivity index (χ1v) is 12.6. The molecule has 5 rings (SSSR count). The van der Waals surface area contributed by atoms with E-state index in [4.69, 9.17) is 14.2 Å². The van der Waals surface area contributed by atoms with Crippen LogP contribution in [0.4, 0.5) is 8.78 Å². The highest BCUT2D eigenvalue weighted by atomic mass is 19.3. The largest absolute Gasteiger partial charge is 0.422 e. The molecule has 3 aliphatic rings. The number of ether oxygens (including phenoxy) is 3. The number of nitrogens with zero attached hydrogens (tertiary/aromatic N) is 4. The van der Waals surface area contributed by atoms with Crippen molar-refractivity contribution >= 4 is 11.9 Å². The molecule has 0 saturated carbocycles. The molecular formula is C25H28F2N4O7. The van der Waals surface area contributed by atoms with E-state index in [1.807, 2.05) is 0 Å². The number of carbonyl (C=O) groups excluding carboxylic acids is 2. The summed E-state index contributed by atoms with van der Waals surface area (Å²) in [5.74, 6) is -2.49. The number of cyclic esters (lactones) is 2. The van der Waals surface area contributed by atoms with Gasteiger partial charge in [-0.15, -0.1) is 0 Å². The van der Waals surface area contributed by atoms with Crippen molar-refractivity contribution in [2.75, 3.05) is 6.54 Å². The molecule has 204 valence electrons. The van der Waals surface area contributed by atoms with Crippen molar-refractivity contribution in [3.63, 3.8) is 0 Å². The van der Waals surface area contributed by atoms with Crippen molar-refractivity contribution < 1.29 is 32.6 Å². The topological polar surface area (TPSA) is 122 Å². The maximum absolute atomic E-state index is 13.3. The van der Waals surface area contributed by atoms with Crippen LogP contribution in [0.1, 0.15) is 61.9 Å². The first-order chi connectivity index (χ1) is 18.2. The Hall–Kier alpha value is -3.45. The molecule has 2 bridgehead atoms. The first kappa shape index (κ1) is 26.2. The summed E-state index contributed by atoms with van der Waals surface area (Å²) < 4.78 is 43.9. The van der Waals surface area contributed by atoms with E-state index in [-0.39, 0.29) is 42.7 Å². The van der Waals surface area contributed by atoms with E-state index in [0.29, 0.717) is 18.5 Å². The summed E-state index contributed by atoms with van der Waals surface area (Å²) in [6, 6.07) is 6.95. The highest BCUT2D eigenvalue weighted by Crippen LogP contribution is 2.37. The molecule has 0 aliphatic carbocycles. The number of hydrogen-bond acceptors (Lipinski definition) is 9. The maximum Gasteiger partial charge on any atom is 0.422 e. The number of alkyl halides is 2. The number of halogens is 2. The second-order valence-corrected chi connectivity index (χ2v) is 9.74. The van der Waals surface area contributed by atoms with Crippen LogP contribution < -0.4 is 11.4 Å². The second kappa shape index (κ2) is 10.7. The standard InChI is InChI=1S/C25H28F2N4O7/c1-14-28-23(34)30(24(35)31(14)25-37-21(32)22(33)38-25)10-4-9-29-16-7-8-17(29)12-18(11-16)36-13-15-5-2-3-6-19(15)20(26)27/h2-3,5-6,16-18,20,25H,4,7-13H2,1H3. The Kier molecular flexibility index (Phi) is 7.39. The molecule has 0 amide bonds. The van der Waals surface area contributed by atoms with Gasteiger partial charge in [0.2, 0.25) is 0 Å². The van der Waals surface area contributed by atoms with Crippen molar-refractivity contribution in [2.24, 2.45) is 0 Å². The van der Waals surface area contributed by atoms with E-state index in [9.17, 15) is 28.0 Å². The van der Waals surface area contributed by atoms with Crippen molar-refractivity contribution in [1.82, 2.24) is 19.0 Å². The fourth-order valence-corrected chi connectivity index (χ4v) is 5.67. The van der Waals surface area contributed by atoms with Crippen LogP contribution in [0.15, 0.2) is 33.9 Å². The van der Waals surface area contributed by atoms with Crippen LogP contribution >= 0.6 is 0 Å². The predicted octanol–water partition coefficient (Wildman–Crippen LogP) is 1.81. The van der Waals surface area contributed by atoms with Gasteiger partial charge >= 0.3 is 29.7 Å². The normalized spacial score (nSPS) is 23.7. The summed E-state index contributed by atoms with van der Waals surface area (Å²) in [4.78, 5) is 54.3. The van der Waals surface area contributed by atoms with E-state index < -0.39 is 36.2 Å². The summed E-state index contributed by atoms with van der Waals surface area (Å²) in [6.45, 7) is 2.25. The lowest BCUT2D eigenvalue weighted by Gasteiger charge is -2.39. The van der Waals surface area contributed by atoms with Gasteiger partial charge in [0.25, 0.3) is 6.43 Å². The van der Waals surface area contributed by atoms with Gasteiger partial charge in [0.15, 0.2) is 0 Å². The SMILES string of the molecule is Cc1nc(=O)n(CCCN2C3CCC2CC(OCc2ccccc2C(F)F)C3)c(=O)n1C1OC(=O)C(=O)O1. The predicted molar refractivity (Wildman–Crippen MR) is 126 cm³/mol. The van der Waals surface area contributed by atoms with Crippen molar-refractivity contribution in [3.8, 4) is 0 Å². The lowest BCUT2D eigenvalue weighted by Crippen LogP contribution is -2.47. The summed E-state index contributed by atoms with van der Waals surface area (Å²) in [7, 11) is 0. The molecule has 13 heteroatoms. The second-order valence-electron chi connectivity index (χ2n) is 9.74. The molecule has 0 spiro atoms. The molecule has 1 aromatic carbocycles. The minimum absolute atomic E-state index is 0.00272. The molecule has 3 aliphatic heterocycles. The Labute approximate surface area is 215 Å². The summed E-state index contributed by atoms with van der Waals surface area (Å²) >= 11 is 0. The summed E-state index contributed by atoms with van der Waals surface area (Å²) in [5, 5.41) is 0. The van der Waals surface area contributed by atoms with Crippen LogP contribution in [-0.2, 0) is 37.0 Å². The molecule has 3 fully saturated rings. The zero-order chi connectivity index (χ0) is 27.0. The van der Waals surface area contributed by atoms with E-state index in [0.717, 1.165) is 34.8 Å². The average Bonchev–Trinajstić information content (AvgIpc) is 3.32. The number of piperidine rings is 1. The van der Waals surface area contributed by atoms with E-state index in [1.54, 1.807) is 18.2 Å². The minimum Gasteiger partial charge on any atom is -0.397 e. The molecule has 2 atom stereocenters. The van der Waals surface area contributed by atoms with Gasteiger partial charge in [-0.2, -0.15) is 4.98 Å². The highest BCUT2D eigenvalue weighted by molar-refractivity contribution is 6.30. The molecular weight excluding hydrogens is 506 g/mol. The van der Waals surface area contributed by atoms with Crippen LogP contribution in [-0.4, -0.2) is 55.7 Å². The summed E-state index contributed by atoms with van der Waals surface area (Å²) in [6.07, 6.45) is -0.118. The Balaban J connectivity index is 1.18. The lowest BCUT2D eigenvalue weighted by molar-refractivity contribution is -0.155. The molecule has 0 radical (unpaired) electrons. The minimum atomic E-state index is -2.55. The van der Waals surface area contributed by atoms with Gasteiger partial charge in [0, 0.05) is 30.7 Å². The zero-order valence-corrected chi connectivity index (χ0v) is 20.8. The van der Waals surface area contributed by atoms with Gasteiger partial charge in [-0.3, -0.25) is 4.90 Å². The van der Waals surface area contributed by atoms with Crippen molar-refractivity contribution in [1.29, 1.82) is 0 Å². The maximum atomic E-state index is 13.3. The Morgan fingerprint density at radius 3 is 2.34 bits per heavy atom. The number of rotatable bonds is 9. The number of carbonyl (C=O) groups is 2. The molecule has 38 heavy (non-hydrogen) atoms. The van der Waals surface area contributed by atoms with Gasteiger partial charge in [-0.25, -0.2) is 37.1 Å². The zero-order valence-electron chi connectivity index (χ0n) is 20.8. The van der Waals surface area contributed by atoms with Gasteiger partial charge in [0.1, 0.15) is 5.82 Å². The molecule has 2 unspecified atom stereocenters. The fourth-order valence-electron chi connectivity index (χ4n) is 5.67. The van der Waals surface area contributed by atoms with E-state index in [1.165, 1.54) is 13.0 Å². The van der Waals surface area contributed by atoms with Gasteiger partial charge in [-0.1, -0.05) is 24.3 Å². The molecule has 3 saturated heterocycles. The fraction of sp³-hybridized carbons (Fsp3) is 0.560. The number of esters is 2. The third-order valence-corrected chi connectivity index (χ3v) is 7.47. The molecule has 11 nitrogen and oxygen atoms in total. The van der Waals surface area contributed by atoms with Gasteiger partial charge in [-0.05, 0) is 44.6 Å². The Bertz CT molecular complexity index is 1310. The van der Waals surface area contributed by atoms with Crippen LogP contribution in [0.5, 0.6) is 0 Å². The number of hydrogen-bond donors (Lipinski definition) is 0. The van der Waals surface area contributed by atoms with Crippen LogP contribution in [0.3, 0.4) is 0 Å². The average molecular weight is 535 g/mol.